The Labute approximate surface area is 201 Å². The van der Waals surface area contributed by atoms with E-state index in [1.807, 2.05) is 0 Å². The first-order valence-electron chi connectivity index (χ1n) is 10.6. The zero-order chi connectivity index (χ0) is 26.0. The number of ketones is 2. The van der Waals surface area contributed by atoms with Crippen LogP contribution in [-0.2, 0) is 33.4 Å². The van der Waals surface area contributed by atoms with Crippen molar-refractivity contribution in [3.05, 3.63) is 83.9 Å². The molecule has 0 saturated heterocycles. The van der Waals surface area contributed by atoms with Gasteiger partial charge in [0.1, 0.15) is 5.41 Å². The Bertz CT molecular complexity index is 1080. The van der Waals surface area contributed by atoms with Crippen LogP contribution >= 0.6 is 0 Å². The molecule has 0 bridgehead atoms. The first kappa shape index (κ1) is 26.8. The molecule has 0 aromatic heterocycles. The number of ether oxygens (including phenoxy) is 3. The number of esters is 4. The fourth-order valence-corrected chi connectivity index (χ4v) is 3.20. The van der Waals surface area contributed by atoms with Gasteiger partial charge in [0.05, 0.1) is 6.61 Å². The molecule has 0 saturated carbocycles. The van der Waals surface area contributed by atoms with Gasteiger partial charge in [-0.2, -0.15) is 0 Å². The molecule has 0 aliphatic rings. The number of carbonyl (C=O) groups excluding carboxylic acids is 6. The summed E-state index contributed by atoms with van der Waals surface area (Å²) < 4.78 is 14.5. The maximum Gasteiger partial charge on any atom is 0.356 e. The lowest BCUT2D eigenvalue weighted by atomic mass is 9.71. The van der Waals surface area contributed by atoms with Crippen molar-refractivity contribution in [3.8, 4) is 0 Å². The molecule has 0 amide bonds. The van der Waals surface area contributed by atoms with Crippen LogP contribution in [0.15, 0.2) is 72.8 Å². The highest BCUT2D eigenvalue weighted by Gasteiger charge is 2.55. The van der Waals surface area contributed by atoms with E-state index in [1.165, 1.54) is 24.3 Å². The molecule has 0 fully saturated rings. The zero-order valence-corrected chi connectivity index (χ0v) is 19.4. The van der Waals surface area contributed by atoms with E-state index in [9.17, 15) is 28.8 Å². The molecule has 35 heavy (non-hydrogen) atoms. The van der Waals surface area contributed by atoms with E-state index in [-0.39, 0.29) is 17.7 Å². The quantitative estimate of drug-likeness (QED) is 0.166. The van der Waals surface area contributed by atoms with Crippen molar-refractivity contribution in [3.63, 3.8) is 0 Å². The van der Waals surface area contributed by atoms with Crippen LogP contribution in [0.3, 0.4) is 0 Å². The molecule has 2 rings (SSSR count). The van der Waals surface area contributed by atoms with Gasteiger partial charge in [-0.25, -0.2) is 14.4 Å². The fraction of sp³-hybridized carbons (Fsp3) is 0.231. The molecule has 0 N–H and O–H groups in total. The van der Waals surface area contributed by atoms with Crippen LogP contribution in [0.2, 0.25) is 0 Å². The van der Waals surface area contributed by atoms with Crippen molar-refractivity contribution in [2.75, 3.05) is 6.61 Å². The van der Waals surface area contributed by atoms with Gasteiger partial charge in [-0.3, -0.25) is 14.4 Å². The van der Waals surface area contributed by atoms with Crippen molar-refractivity contribution in [1.82, 2.24) is 0 Å². The number of hydrogen-bond acceptors (Lipinski definition) is 9. The molecular formula is C26H24O9. The minimum atomic E-state index is -2.33. The third kappa shape index (κ3) is 6.80. The second-order valence-corrected chi connectivity index (χ2v) is 7.41. The SMILES string of the molecule is CCOC(=O)C=CC(=O)OC(C(=O)OC(C)=O)C(C)(C(=O)c1ccccc1)C(=O)c1ccccc1. The topological polar surface area (TPSA) is 130 Å². The average Bonchev–Trinajstić information content (AvgIpc) is 2.85. The van der Waals surface area contributed by atoms with Gasteiger partial charge < -0.3 is 14.2 Å². The van der Waals surface area contributed by atoms with Crippen molar-refractivity contribution < 1.29 is 43.0 Å². The lowest BCUT2D eigenvalue weighted by molar-refractivity contribution is -0.175. The molecule has 1 unspecified atom stereocenters. The second kappa shape index (κ2) is 12.2. The molecule has 2 aromatic rings. The van der Waals surface area contributed by atoms with Crippen molar-refractivity contribution in [1.29, 1.82) is 0 Å². The number of Topliss-reactive ketones (excluding diaryl/α,β-unsaturated/α-hetero) is 2. The summed E-state index contributed by atoms with van der Waals surface area (Å²) in [5.74, 6) is -6.25. The summed E-state index contributed by atoms with van der Waals surface area (Å²) in [5.41, 5.74) is -2.22. The first-order chi connectivity index (χ1) is 16.6. The largest absolute Gasteiger partial charge is 0.463 e. The molecule has 9 heteroatoms. The molecule has 0 aliphatic carbocycles. The molecular weight excluding hydrogens is 456 g/mol. The van der Waals surface area contributed by atoms with Crippen molar-refractivity contribution in [2.45, 2.75) is 26.9 Å². The van der Waals surface area contributed by atoms with Crippen molar-refractivity contribution >= 4 is 35.4 Å². The second-order valence-electron chi connectivity index (χ2n) is 7.41. The van der Waals surface area contributed by atoms with Crippen LogP contribution in [0.5, 0.6) is 0 Å². The predicted octanol–water partition coefficient (Wildman–Crippen LogP) is 2.88. The van der Waals surface area contributed by atoms with E-state index in [4.69, 9.17) is 4.74 Å². The third-order valence-corrected chi connectivity index (χ3v) is 4.87. The summed E-state index contributed by atoms with van der Waals surface area (Å²) >= 11 is 0. The molecule has 0 radical (unpaired) electrons. The Hall–Kier alpha value is -4.40. The van der Waals surface area contributed by atoms with Crippen LogP contribution in [0.4, 0.5) is 0 Å². The Morgan fingerprint density at radius 3 is 1.69 bits per heavy atom. The highest BCUT2D eigenvalue weighted by Crippen LogP contribution is 2.34. The van der Waals surface area contributed by atoms with E-state index in [0.29, 0.717) is 6.08 Å². The molecule has 1 atom stereocenters. The summed E-state index contributed by atoms with van der Waals surface area (Å²) in [6.07, 6.45) is -0.729. The molecule has 0 aliphatic heterocycles. The van der Waals surface area contributed by atoms with Crippen LogP contribution in [-0.4, -0.2) is 48.2 Å². The summed E-state index contributed by atoms with van der Waals surface area (Å²) in [6, 6.07) is 15.2. The normalized spacial score (nSPS) is 11.9. The van der Waals surface area contributed by atoms with Gasteiger partial charge in [0, 0.05) is 30.2 Å². The number of rotatable bonds is 10. The summed E-state index contributed by atoms with van der Waals surface area (Å²) in [6.45, 7) is 3.69. The first-order valence-corrected chi connectivity index (χ1v) is 10.6. The summed E-state index contributed by atoms with van der Waals surface area (Å²) in [5, 5.41) is 0. The summed E-state index contributed by atoms with van der Waals surface area (Å²) in [7, 11) is 0. The summed E-state index contributed by atoms with van der Waals surface area (Å²) in [4.78, 5) is 75.7. The van der Waals surface area contributed by atoms with E-state index >= 15 is 0 Å². The van der Waals surface area contributed by atoms with Gasteiger partial charge in [-0.15, -0.1) is 0 Å². The minimum absolute atomic E-state index is 0.0537. The lowest BCUT2D eigenvalue weighted by Gasteiger charge is -2.32. The zero-order valence-electron chi connectivity index (χ0n) is 19.4. The van der Waals surface area contributed by atoms with Gasteiger partial charge >= 0.3 is 23.9 Å². The van der Waals surface area contributed by atoms with Crippen LogP contribution < -0.4 is 0 Å². The Morgan fingerprint density at radius 1 is 0.800 bits per heavy atom. The van der Waals surface area contributed by atoms with Gasteiger partial charge in [0.2, 0.25) is 6.10 Å². The van der Waals surface area contributed by atoms with Crippen molar-refractivity contribution in [2.24, 2.45) is 5.41 Å². The highest BCUT2D eigenvalue weighted by atomic mass is 16.6. The van der Waals surface area contributed by atoms with Gasteiger partial charge in [-0.05, 0) is 13.8 Å². The highest BCUT2D eigenvalue weighted by molar-refractivity contribution is 6.22. The Balaban J connectivity index is 2.61. The molecule has 0 heterocycles. The number of carbonyl (C=O) groups is 6. The van der Waals surface area contributed by atoms with Crippen LogP contribution in [0, 0.1) is 5.41 Å². The Kier molecular flexibility index (Phi) is 9.34. The lowest BCUT2D eigenvalue weighted by Crippen LogP contribution is -2.53. The molecule has 9 nitrogen and oxygen atoms in total. The van der Waals surface area contributed by atoms with Gasteiger partial charge in [0.15, 0.2) is 11.6 Å². The molecule has 0 spiro atoms. The predicted molar refractivity (Wildman–Crippen MR) is 122 cm³/mol. The number of hydrogen-bond donors (Lipinski definition) is 0. The Morgan fingerprint density at radius 2 is 1.26 bits per heavy atom. The number of benzene rings is 2. The van der Waals surface area contributed by atoms with E-state index < -0.39 is 47.0 Å². The molecule has 182 valence electrons. The third-order valence-electron chi connectivity index (χ3n) is 4.87. The monoisotopic (exact) mass is 480 g/mol. The maximum atomic E-state index is 13.6. The van der Waals surface area contributed by atoms with E-state index in [2.05, 4.69) is 9.47 Å². The van der Waals surface area contributed by atoms with Gasteiger partial charge in [-0.1, -0.05) is 60.7 Å². The van der Waals surface area contributed by atoms with Crippen LogP contribution in [0.1, 0.15) is 41.5 Å². The minimum Gasteiger partial charge on any atom is -0.463 e. The average molecular weight is 480 g/mol. The fourth-order valence-electron chi connectivity index (χ4n) is 3.20. The van der Waals surface area contributed by atoms with Gasteiger partial charge in [0.25, 0.3) is 0 Å². The van der Waals surface area contributed by atoms with E-state index in [1.54, 1.807) is 43.3 Å². The standard InChI is InChI=1S/C26H24O9/c1-4-33-20(28)15-16-21(29)35-24(25(32)34-17(2)27)26(3,22(30)18-11-7-5-8-12-18)23(31)19-13-9-6-10-14-19/h5-16,24H,4H2,1-3H3. The van der Waals surface area contributed by atoms with E-state index in [0.717, 1.165) is 19.9 Å². The molecule has 2 aromatic carbocycles. The maximum absolute atomic E-state index is 13.6. The van der Waals surface area contributed by atoms with Crippen LogP contribution in [0.25, 0.3) is 0 Å². The smallest absolute Gasteiger partial charge is 0.356 e.